The van der Waals surface area contributed by atoms with Gasteiger partial charge in [0.05, 0.1) is 10.2 Å². The first-order valence-electron chi connectivity index (χ1n) is 10.8. The highest BCUT2D eigenvalue weighted by molar-refractivity contribution is 14.1. The predicted octanol–water partition coefficient (Wildman–Crippen LogP) is 5.56. The van der Waals surface area contributed by atoms with Crippen LogP contribution in [0.4, 0.5) is 11.4 Å². The summed E-state index contributed by atoms with van der Waals surface area (Å²) in [4.78, 5) is 24.9. The van der Waals surface area contributed by atoms with E-state index in [1.807, 2.05) is 56.3 Å². The number of aryl methyl sites for hydroxylation is 1. The SMILES string of the molecule is CCOc1cc(/C=C(\C#N)C(=O)Nc2cccc(C)c2)cc(I)c1OCC(=O)Nc1ccccc1. The molecule has 3 rings (SSSR count). The van der Waals surface area contributed by atoms with Gasteiger partial charge in [0.1, 0.15) is 11.6 Å². The Morgan fingerprint density at radius 2 is 1.74 bits per heavy atom. The van der Waals surface area contributed by atoms with E-state index in [-0.39, 0.29) is 18.1 Å². The summed E-state index contributed by atoms with van der Waals surface area (Å²) in [6.45, 7) is 3.91. The number of nitrogens with zero attached hydrogens (tertiary/aromatic N) is 1. The number of hydrogen-bond donors (Lipinski definition) is 2. The van der Waals surface area contributed by atoms with Crippen molar-refractivity contribution in [1.82, 2.24) is 0 Å². The molecule has 3 aromatic carbocycles. The minimum atomic E-state index is -0.510. The second-order valence-electron chi connectivity index (χ2n) is 7.46. The van der Waals surface area contributed by atoms with Crippen LogP contribution >= 0.6 is 22.6 Å². The Hall–Kier alpha value is -3.84. The number of ether oxygens (including phenoxy) is 2. The molecule has 0 aromatic heterocycles. The van der Waals surface area contributed by atoms with Crippen LogP contribution in [0, 0.1) is 21.8 Å². The maximum absolute atomic E-state index is 12.6. The fourth-order valence-corrected chi connectivity index (χ4v) is 3.95. The number of anilines is 2. The Morgan fingerprint density at radius 1 is 1.00 bits per heavy atom. The van der Waals surface area contributed by atoms with Gasteiger partial charge in [0.2, 0.25) is 0 Å². The van der Waals surface area contributed by atoms with Gasteiger partial charge in [-0.1, -0.05) is 30.3 Å². The average Bonchev–Trinajstić information content (AvgIpc) is 2.82. The van der Waals surface area contributed by atoms with E-state index in [2.05, 4.69) is 33.2 Å². The van der Waals surface area contributed by atoms with Crippen LogP contribution in [0.5, 0.6) is 11.5 Å². The lowest BCUT2D eigenvalue weighted by molar-refractivity contribution is -0.118. The number of para-hydroxylation sites is 1. The molecule has 0 aliphatic heterocycles. The molecule has 2 N–H and O–H groups in total. The van der Waals surface area contributed by atoms with Crippen LogP contribution in [-0.4, -0.2) is 25.0 Å². The Morgan fingerprint density at radius 3 is 2.43 bits per heavy atom. The quantitative estimate of drug-likeness (QED) is 0.196. The lowest BCUT2D eigenvalue weighted by Crippen LogP contribution is -2.20. The lowest BCUT2D eigenvalue weighted by atomic mass is 10.1. The van der Waals surface area contributed by atoms with Gasteiger partial charge in [-0.25, -0.2) is 0 Å². The molecule has 0 unspecified atom stereocenters. The Labute approximate surface area is 217 Å². The Kier molecular flexibility index (Phi) is 9.26. The molecule has 0 spiro atoms. The van der Waals surface area contributed by atoms with Crippen molar-refractivity contribution >= 4 is 51.9 Å². The Balaban J connectivity index is 1.77. The van der Waals surface area contributed by atoms with Gasteiger partial charge in [-0.05, 0) is 90.0 Å². The van der Waals surface area contributed by atoms with Crippen molar-refractivity contribution in [3.05, 3.63) is 87.0 Å². The van der Waals surface area contributed by atoms with Gasteiger partial charge in [0.25, 0.3) is 11.8 Å². The van der Waals surface area contributed by atoms with Crippen LogP contribution in [-0.2, 0) is 9.59 Å². The van der Waals surface area contributed by atoms with E-state index < -0.39 is 5.91 Å². The van der Waals surface area contributed by atoms with Crippen molar-refractivity contribution in [3.63, 3.8) is 0 Å². The first-order chi connectivity index (χ1) is 16.9. The molecule has 0 fully saturated rings. The van der Waals surface area contributed by atoms with E-state index in [1.54, 1.807) is 30.3 Å². The third-order valence-electron chi connectivity index (χ3n) is 4.69. The number of carbonyl (C=O) groups is 2. The standard InChI is InChI=1S/C27H24IN3O4/c1-3-34-24-15-19(13-20(16-29)27(33)31-22-11-7-8-18(2)12-22)14-23(28)26(24)35-17-25(32)30-21-9-5-4-6-10-21/h4-15H,3,17H2,1-2H3,(H,30,32)(H,31,33)/b20-13+. The number of benzene rings is 3. The van der Waals surface area contributed by atoms with Crippen LogP contribution in [0.25, 0.3) is 6.08 Å². The molecular weight excluding hydrogens is 557 g/mol. The molecule has 0 heterocycles. The van der Waals surface area contributed by atoms with E-state index in [1.165, 1.54) is 6.08 Å². The van der Waals surface area contributed by atoms with Crippen LogP contribution < -0.4 is 20.1 Å². The van der Waals surface area contributed by atoms with Gasteiger partial charge >= 0.3 is 0 Å². The smallest absolute Gasteiger partial charge is 0.266 e. The number of amides is 2. The van der Waals surface area contributed by atoms with Gasteiger partial charge in [-0.3, -0.25) is 9.59 Å². The van der Waals surface area contributed by atoms with Crippen molar-refractivity contribution in [2.45, 2.75) is 13.8 Å². The first kappa shape index (κ1) is 25.8. The summed E-state index contributed by atoms with van der Waals surface area (Å²) in [7, 11) is 0. The van der Waals surface area contributed by atoms with Crippen molar-refractivity contribution in [3.8, 4) is 17.6 Å². The van der Waals surface area contributed by atoms with Crippen LogP contribution in [0.2, 0.25) is 0 Å². The molecule has 0 bridgehead atoms. The summed E-state index contributed by atoms with van der Waals surface area (Å²) in [6, 6.07) is 21.8. The normalized spacial score (nSPS) is 10.7. The first-order valence-corrected chi connectivity index (χ1v) is 11.9. The molecule has 35 heavy (non-hydrogen) atoms. The molecule has 0 saturated carbocycles. The van der Waals surface area contributed by atoms with Crippen molar-refractivity contribution in [2.24, 2.45) is 0 Å². The molecule has 0 saturated heterocycles. The molecule has 0 radical (unpaired) electrons. The maximum atomic E-state index is 12.6. The highest BCUT2D eigenvalue weighted by atomic mass is 127. The number of nitrogens with one attached hydrogen (secondary N) is 2. The second kappa shape index (κ2) is 12.6. The topological polar surface area (TPSA) is 100 Å². The molecule has 178 valence electrons. The van der Waals surface area contributed by atoms with Crippen LogP contribution in [0.1, 0.15) is 18.1 Å². The van der Waals surface area contributed by atoms with Gasteiger partial charge in [0, 0.05) is 11.4 Å². The number of carbonyl (C=O) groups excluding carboxylic acids is 2. The summed E-state index contributed by atoms with van der Waals surface area (Å²) in [6.07, 6.45) is 1.49. The highest BCUT2D eigenvalue weighted by Gasteiger charge is 2.16. The van der Waals surface area contributed by atoms with E-state index in [9.17, 15) is 14.9 Å². The summed E-state index contributed by atoms with van der Waals surface area (Å²) in [5.41, 5.74) is 2.82. The minimum absolute atomic E-state index is 0.0549. The monoisotopic (exact) mass is 581 g/mol. The summed E-state index contributed by atoms with van der Waals surface area (Å²) >= 11 is 2.07. The zero-order valence-electron chi connectivity index (χ0n) is 19.3. The number of halogens is 1. The number of nitriles is 1. The fraction of sp³-hybridized carbons (Fsp3) is 0.148. The van der Waals surface area contributed by atoms with Crippen molar-refractivity contribution < 1.29 is 19.1 Å². The van der Waals surface area contributed by atoms with E-state index in [0.29, 0.717) is 38.6 Å². The summed E-state index contributed by atoms with van der Waals surface area (Å²) < 4.78 is 12.2. The molecule has 7 nitrogen and oxygen atoms in total. The van der Waals surface area contributed by atoms with E-state index in [4.69, 9.17) is 9.47 Å². The summed E-state index contributed by atoms with van der Waals surface area (Å²) in [5, 5.41) is 15.1. The summed E-state index contributed by atoms with van der Waals surface area (Å²) in [5.74, 6) is 0.00654. The largest absolute Gasteiger partial charge is 0.490 e. The predicted molar refractivity (Wildman–Crippen MR) is 144 cm³/mol. The minimum Gasteiger partial charge on any atom is -0.490 e. The number of hydrogen-bond acceptors (Lipinski definition) is 5. The van der Waals surface area contributed by atoms with E-state index in [0.717, 1.165) is 5.56 Å². The number of rotatable bonds is 9. The third-order valence-corrected chi connectivity index (χ3v) is 5.49. The molecule has 2 amide bonds. The van der Waals surface area contributed by atoms with E-state index >= 15 is 0 Å². The van der Waals surface area contributed by atoms with Gasteiger partial charge < -0.3 is 20.1 Å². The molecule has 8 heteroatoms. The lowest BCUT2D eigenvalue weighted by Gasteiger charge is -2.15. The zero-order chi connectivity index (χ0) is 25.2. The van der Waals surface area contributed by atoms with Gasteiger partial charge in [-0.15, -0.1) is 0 Å². The van der Waals surface area contributed by atoms with Gasteiger partial charge in [-0.2, -0.15) is 5.26 Å². The fourth-order valence-electron chi connectivity index (χ4n) is 3.17. The molecular formula is C27H24IN3O4. The highest BCUT2D eigenvalue weighted by Crippen LogP contribution is 2.35. The van der Waals surface area contributed by atoms with Crippen LogP contribution in [0.15, 0.2) is 72.3 Å². The third kappa shape index (κ3) is 7.58. The molecule has 0 atom stereocenters. The zero-order valence-corrected chi connectivity index (χ0v) is 21.5. The molecule has 0 aliphatic rings. The Bertz CT molecular complexity index is 1280. The van der Waals surface area contributed by atoms with Gasteiger partial charge in [0.15, 0.2) is 18.1 Å². The second-order valence-corrected chi connectivity index (χ2v) is 8.62. The van der Waals surface area contributed by atoms with Crippen molar-refractivity contribution in [2.75, 3.05) is 23.8 Å². The molecule has 0 aliphatic carbocycles. The maximum Gasteiger partial charge on any atom is 0.266 e. The van der Waals surface area contributed by atoms with Crippen molar-refractivity contribution in [1.29, 1.82) is 5.26 Å². The average molecular weight is 581 g/mol. The van der Waals surface area contributed by atoms with Crippen LogP contribution in [0.3, 0.4) is 0 Å². The molecule has 3 aromatic rings.